The second kappa shape index (κ2) is 9.68. The summed E-state index contributed by atoms with van der Waals surface area (Å²) in [6.45, 7) is 1.22. The fourth-order valence-electron chi connectivity index (χ4n) is 2.39. The highest BCUT2D eigenvalue weighted by Gasteiger charge is 2.20. The molecule has 0 saturated heterocycles. The van der Waals surface area contributed by atoms with Crippen molar-refractivity contribution in [3.63, 3.8) is 0 Å². The maximum atomic E-state index is 12.5. The standard InChI is InChI=1S/C20H19NO5S/c1-13(22)21-17(20(25)26)12-27-18(23)11-14-6-5-9-16(10-14)19(24)15-7-3-2-4-8-15/h2-10,17H,11-12H2,1H3,(H,21,22)(H,25,26). The summed E-state index contributed by atoms with van der Waals surface area (Å²) in [5.74, 6) is -1.85. The lowest BCUT2D eigenvalue weighted by Crippen LogP contribution is -2.41. The first-order valence-corrected chi connectivity index (χ1v) is 9.19. The van der Waals surface area contributed by atoms with E-state index < -0.39 is 17.9 Å². The molecular weight excluding hydrogens is 366 g/mol. The number of carboxylic acid groups (broad SMARTS) is 1. The van der Waals surface area contributed by atoms with E-state index in [1.807, 2.05) is 6.07 Å². The number of benzene rings is 2. The van der Waals surface area contributed by atoms with Crippen LogP contribution in [0.2, 0.25) is 0 Å². The first-order valence-electron chi connectivity index (χ1n) is 8.21. The predicted octanol–water partition coefficient (Wildman–Crippen LogP) is 2.31. The van der Waals surface area contributed by atoms with Crippen molar-refractivity contribution in [1.82, 2.24) is 5.32 Å². The average molecular weight is 385 g/mol. The summed E-state index contributed by atoms with van der Waals surface area (Å²) in [4.78, 5) is 46.7. The molecule has 1 unspecified atom stereocenters. The van der Waals surface area contributed by atoms with E-state index in [0.29, 0.717) is 16.7 Å². The van der Waals surface area contributed by atoms with Gasteiger partial charge in [0.25, 0.3) is 0 Å². The highest BCUT2D eigenvalue weighted by molar-refractivity contribution is 8.13. The van der Waals surface area contributed by atoms with Gasteiger partial charge in [-0.2, -0.15) is 0 Å². The van der Waals surface area contributed by atoms with Crippen molar-refractivity contribution < 1.29 is 24.3 Å². The van der Waals surface area contributed by atoms with Crippen molar-refractivity contribution in [2.24, 2.45) is 0 Å². The van der Waals surface area contributed by atoms with Gasteiger partial charge in [0, 0.05) is 30.2 Å². The maximum Gasteiger partial charge on any atom is 0.327 e. The number of aliphatic carboxylic acids is 1. The molecule has 0 radical (unpaired) electrons. The van der Waals surface area contributed by atoms with Crippen molar-refractivity contribution in [3.8, 4) is 0 Å². The van der Waals surface area contributed by atoms with Crippen LogP contribution < -0.4 is 5.32 Å². The van der Waals surface area contributed by atoms with E-state index in [2.05, 4.69) is 5.32 Å². The van der Waals surface area contributed by atoms with E-state index >= 15 is 0 Å². The maximum absolute atomic E-state index is 12.5. The molecule has 0 aromatic heterocycles. The van der Waals surface area contributed by atoms with Crippen LogP contribution in [0.1, 0.15) is 28.4 Å². The van der Waals surface area contributed by atoms with Crippen molar-refractivity contribution in [3.05, 3.63) is 71.3 Å². The van der Waals surface area contributed by atoms with E-state index in [-0.39, 0.29) is 23.1 Å². The number of thioether (sulfide) groups is 1. The number of hydrogen-bond acceptors (Lipinski definition) is 5. The van der Waals surface area contributed by atoms with Crippen LogP contribution in [0.3, 0.4) is 0 Å². The van der Waals surface area contributed by atoms with Crippen LogP contribution in [-0.4, -0.2) is 39.7 Å². The van der Waals surface area contributed by atoms with Gasteiger partial charge < -0.3 is 10.4 Å². The van der Waals surface area contributed by atoms with Gasteiger partial charge in [-0.1, -0.05) is 60.3 Å². The van der Waals surface area contributed by atoms with E-state index in [9.17, 15) is 19.2 Å². The molecule has 2 aromatic carbocycles. The van der Waals surface area contributed by atoms with Crippen molar-refractivity contribution in [1.29, 1.82) is 0 Å². The molecule has 0 spiro atoms. The molecule has 140 valence electrons. The number of rotatable bonds is 8. The zero-order chi connectivity index (χ0) is 19.8. The van der Waals surface area contributed by atoms with Gasteiger partial charge in [0.15, 0.2) is 10.9 Å². The summed E-state index contributed by atoms with van der Waals surface area (Å²) in [6, 6.07) is 14.5. The Labute approximate surface area is 161 Å². The zero-order valence-electron chi connectivity index (χ0n) is 14.7. The summed E-state index contributed by atoms with van der Waals surface area (Å²) in [5.41, 5.74) is 1.72. The van der Waals surface area contributed by atoms with Gasteiger partial charge in [0.05, 0.1) is 0 Å². The Morgan fingerprint density at radius 3 is 2.30 bits per heavy atom. The van der Waals surface area contributed by atoms with Gasteiger partial charge in [-0.25, -0.2) is 4.79 Å². The van der Waals surface area contributed by atoms with Gasteiger partial charge in [-0.05, 0) is 11.6 Å². The second-order valence-corrected chi connectivity index (χ2v) is 6.92. The number of amides is 1. The molecule has 2 aromatic rings. The quantitative estimate of drug-likeness (QED) is 0.677. The summed E-state index contributed by atoms with van der Waals surface area (Å²) in [6.07, 6.45) is 0.0625. The van der Waals surface area contributed by atoms with Crippen LogP contribution >= 0.6 is 11.8 Å². The fourth-order valence-corrected chi connectivity index (χ4v) is 3.24. The SMILES string of the molecule is CC(=O)NC(CSC(=O)Cc1cccc(C(=O)c2ccccc2)c1)C(=O)O. The van der Waals surface area contributed by atoms with Crippen LogP contribution in [0.15, 0.2) is 54.6 Å². The molecule has 0 aliphatic rings. The van der Waals surface area contributed by atoms with Crippen LogP contribution in [-0.2, 0) is 20.8 Å². The smallest absolute Gasteiger partial charge is 0.327 e. The topological polar surface area (TPSA) is 101 Å². The summed E-state index contributed by atoms with van der Waals surface area (Å²) in [7, 11) is 0. The summed E-state index contributed by atoms with van der Waals surface area (Å²) in [5, 5.41) is 11.1. The minimum atomic E-state index is -1.19. The van der Waals surface area contributed by atoms with Crippen molar-refractivity contribution >= 4 is 34.5 Å². The molecule has 1 atom stereocenters. The Bertz CT molecular complexity index is 850. The Hall–Kier alpha value is -2.93. The predicted molar refractivity (Wildman–Crippen MR) is 103 cm³/mol. The molecular formula is C20H19NO5S. The van der Waals surface area contributed by atoms with Crippen LogP contribution in [0.4, 0.5) is 0 Å². The lowest BCUT2D eigenvalue weighted by Gasteiger charge is -2.12. The third-order valence-corrected chi connectivity index (χ3v) is 4.63. The molecule has 2 rings (SSSR count). The number of carbonyl (C=O) groups is 4. The molecule has 0 fully saturated rings. The third kappa shape index (κ3) is 6.38. The Kier molecular flexibility index (Phi) is 7.31. The van der Waals surface area contributed by atoms with Crippen LogP contribution in [0.25, 0.3) is 0 Å². The third-order valence-electron chi connectivity index (χ3n) is 3.66. The Morgan fingerprint density at radius 1 is 1.00 bits per heavy atom. The molecule has 2 N–H and O–H groups in total. The van der Waals surface area contributed by atoms with Gasteiger partial charge in [-0.15, -0.1) is 0 Å². The highest BCUT2D eigenvalue weighted by atomic mass is 32.2. The monoisotopic (exact) mass is 385 g/mol. The first kappa shape index (κ1) is 20.4. The van der Waals surface area contributed by atoms with E-state index in [1.54, 1.807) is 48.5 Å². The minimum absolute atomic E-state index is 0.0591. The zero-order valence-corrected chi connectivity index (χ0v) is 15.5. The van der Waals surface area contributed by atoms with Gasteiger partial charge >= 0.3 is 5.97 Å². The second-order valence-electron chi connectivity index (χ2n) is 5.85. The molecule has 1 amide bonds. The molecule has 0 aliphatic heterocycles. The number of ketones is 1. The number of nitrogens with one attached hydrogen (secondary N) is 1. The van der Waals surface area contributed by atoms with Crippen LogP contribution in [0, 0.1) is 0 Å². The Balaban J connectivity index is 1.99. The number of carbonyl (C=O) groups excluding carboxylic acids is 3. The van der Waals surface area contributed by atoms with Crippen molar-refractivity contribution in [2.45, 2.75) is 19.4 Å². The van der Waals surface area contributed by atoms with Gasteiger partial charge in [0.2, 0.25) is 5.91 Å². The van der Waals surface area contributed by atoms with Gasteiger partial charge in [-0.3, -0.25) is 14.4 Å². The Morgan fingerprint density at radius 2 is 1.67 bits per heavy atom. The highest BCUT2D eigenvalue weighted by Crippen LogP contribution is 2.15. The summed E-state index contributed by atoms with van der Waals surface area (Å²) < 4.78 is 0. The minimum Gasteiger partial charge on any atom is -0.480 e. The van der Waals surface area contributed by atoms with Crippen molar-refractivity contribution in [2.75, 3.05) is 5.75 Å². The molecule has 0 saturated carbocycles. The molecule has 27 heavy (non-hydrogen) atoms. The van der Waals surface area contributed by atoms with E-state index in [1.165, 1.54) is 6.92 Å². The van der Waals surface area contributed by atoms with E-state index in [0.717, 1.165) is 11.8 Å². The average Bonchev–Trinajstić information content (AvgIpc) is 2.65. The number of hydrogen-bond donors (Lipinski definition) is 2. The molecule has 0 bridgehead atoms. The lowest BCUT2D eigenvalue weighted by molar-refractivity contribution is -0.140. The summed E-state index contributed by atoms with van der Waals surface area (Å²) >= 11 is 0.841. The van der Waals surface area contributed by atoms with Gasteiger partial charge in [0.1, 0.15) is 6.04 Å². The van der Waals surface area contributed by atoms with E-state index in [4.69, 9.17) is 5.11 Å². The fraction of sp³-hybridized carbons (Fsp3) is 0.200. The number of carboxylic acids is 1. The largest absolute Gasteiger partial charge is 0.480 e. The lowest BCUT2D eigenvalue weighted by atomic mass is 10.0. The molecule has 0 heterocycles. The molecule has 6 nitrogen and oxygen atoms in total. The first-order chi connectivity index (χ1) is 12.9. The molecule has 0 aliphatic carbocycles. The van der Waals surface area contributed by atoms with Crippen LogP contribution in [0.5, 0.6) is 0 Å². The normalized spacial score (nSPS) is 11.4. The molecule has 7 heteroatoms.